The van der Waals surface area contributed by atoms with E-state index in [0.717, 1.165) is 16.8 Å². The van der Waals surface area contributed by atoms with Gasteiger partial charge < -0.3 is 5.11 Å². The molecule has 21 heavy (non-hydrogen) atoms. The molecule has 1 aromatic heterocycles. The van der Waals surface area contributed by atoms with E-state index in [4.69, 9.17) is 23.2 Å². The van der Waals surface area contributed by atoms with E-state index >= 15 is 0 Å². The summed E-state index contributed by atoms with van der Waals surface area (Å²) in [6.07, 6.45) is 1.88. The number of halogens is 2. The van der Waals surface area contributed by atoms with Gasteiger partial charge in [0.1, 0.15) is 0 Å². The van der Waals surface area contributed by atoms with Crippen LogP contribution in [-0.2, 0) is 6.61 Å². The zero-order valence-corrected chi connectivity index (χ0v) is 12.5. The first-order valence-electron chi connectivity index (χ1n) is 6.39. The molecule has 0 amide bonds. The quantitative estimate of drug-likeness (QED) is 0.780. The Balaban J connectivity index is 2.09. The Labute approximate surface area is 132 Å². The Morgan fingerprint density at radius 1 is 1.00 bits per heavy atom. The van der Waals surface area contributed by atoms with Crippen molar-refractivity contribution in [3.63, 3.8) is 0 Å². The molecule has 0 fully saturated rings. The molecule has 0 saturated heterocycles. The van der Waals surface area contributed by atoms with Gasteiger partial charge in [0.25, 0.3) is 0 Å². The van der Waals surface area contributed by atoms with E-state index in [0.29, 0.717) is 15.7 Å². The normalized spacial score (nSPS) is 10.8. The lowest BCUT2D eigenvalue weighted by Gasteiger charge is -2.02. The third-order valence-electron chi connectivity index (χ3n) is 3.19. The smallest absolute Gasteiger partial charge is 0.0961 e. The van der Waals surface area contributed by atoms with E-state index in [2.05, 4.69) is 5.10 Å². The number of aromatic nitrogens is 2. The van der Waals surface area contributed by atoms with Crippen molar-refractivity contribution >= 4 is 23.2 Å². The number of nitrogens with zero attached hydrogens (tertiary/aromatic N) is 2. The van der Waals surface area contributed by atoms with Gasteiger partial charge in [-0.1, -0.05) is 53.5 Å². The molecule has 5 heteroatoms. The van der Waals surface area contributed by atoms with Gasteiger partial charge >= 0.3 is 0 Å². The summed E-state index contributed by atoms with van der Waals surface area (Å²) in [6, 6.07) is 15.1. The predicted octanol–water partition coefficient (Wildman–Crippen LogP) is 4.34. The first-order chi connectivity index (χ1) is 10.2. The minimum absolute atomic E-state index is 0.126. The third kappa shape index (κ3) is 2.81. The van der Waals surface area contributed by atoms with Crippen molar-refractivity contribution in [2.24, 2.45) is 0 Å². The summed E-state index contributed by atoms with van der Waals surface area (Å²) >= 11 is 12.0. The first-order valence-corrected chi connectivity index (χ1v) is 7.15. The number of hydrogen-bond acceptors (Lipinski definition) is 2. The molecular weight excluding hydrogens is 307 g/mol. The molecule has 0 aliphatic carbocycles. The number of benzene rings is 2. The standard InChI is InChI=1S/C16H12Cl2N2O/c17-14-7-6-12(8-15(14)18)20-9-13(16(10-21)19-20)11-4-2-1-3-5-11/h1-9,21H,10H2. The van der Waals surface area contributed by atoms with Crippen molar-refractivity contribution in [2.45, 2.75) is 6.61 Å². The Hall–Kier alpha value is -1.81. The summed E-state index contributed by atoms with van der Waals surface area (Å²) in [4.78, 5) is 0. The van der Waals surface area contributed by atoms with Gasteiger partial charge in [-0.3, -0.25) is 0 Å². The molecule has 0 aliphatic heterocycles. The van der Waals surface area contributed by atoms with Crippen LogP contribution in [0.5, 0.6) is 0 Å². The molecular formula is C16H12Cl2N2O. The average Bonchev–Trinajstić information content (AvgIpc) is 2.95. The summed E-state index contributed by atoms with van der Waals surface area (Å²) in [7, 11) is 0. The highest BCUT2D eigenvalue weighted by Gasteiger charge is 2.11. The Bertz CT molecular complexity index is 769. The topological polar surface area (TPSA) is 38.1 Å². The van der Waals surface area contributed by atoms with Crippen LogP contribution >= 0.6 is 23.2 Å². The van der Waals surface area contributed by atoms with E-state index in [1.165, 1.54) is 0 Å². The van der Waals surface area contributed by atoms with Gasteiger partial charge in [0.2, 0.25) is 0 Å². The van der Waals surface area contributed by atoms with Crippen LogP contribution in [0.2, 0.25) is 10.0 Å². The zero-order chi connectivity index (χ0) is 14.8. The second-order valence-electron chi connectivity index (χ2n) is 4.56. The summed E-state index contributed by atoms with van der Waals surface area (Å²) < 4.78 is 1.69. The maximum atomic E-state index is 9.52. The van der Waals surface area contributed by atoms with Gasteiger partial charge in [0.15, 0.2) is 0 Å². The molecule has 0 atom stereocenters. The van der Waals surface area contributed by atoms with Crippen molar-refractivity contribution < 1.29 is 5.11 Å². The van der Waals surface area contributed by atoms with Crippen molar-refractivity contribution in [2.75, 3.05) is 0 Å². The largest absolute Gasteiger partial charge is 0.390 e. The molecule has 0 spiro atoms. The summed E-state index contributed by atoms with van der Waals surface area (Å²) in [5, 5.41) is 14.9. The fraction of sp³-hybridized carbons (Fsp3) is 0.0625. The van der Waals surface area contributed by atoms with Crippen LogP contribution in [0.1, 0.15) is 5.69 Å². The minimum Gasteiger partial charge on any atom is -0.390 e. The van der Waals surface area contributed by atoms with Gasteiger partial charge in [0.05, 0.1) is 28.0 Å². The molecule has 3 aromatic rings. The van der Waals surface area contributed by atoms with Crippen LogP contribution in [0.25, 0.3) is 16.8 Å². The molecule has 3 rings (SSSR count). The number of rotatable bonds is 3. The molecule has 106 valence electrons. The molecule has 3 nitrogen and oxygen atoms in total. The SMILES string of the molecule is OCc1nn(-c2ccc(Cl)c(Cl)c2)cc1-c1ccccc1. The van der Waals surface area contributed by atoms with Crippen molar-refractivity contribution in [1.82, 2.24) is 9.78 Å². The first kappa shape index (κ1) is 14.1. The van der Waals surface area contributed by atoms with E-state index in [1.54, 1.807) is 16.8 Å². The molecule has 1 heterocycles. The van der Waals surface area contributed by atoms with Crippen LogP contribution in [0.15, 0.2) is 54.7 Å². The second kappa shape index (κ2) is 5.90. The summed E-state index contributed by atoms with van der Waals surface area (Å²) in [5.41, 5.74) is 3.31. The van der Waals surface area contributed by atoms with E-state index < -0.39 is 0 Å². The van der Waals surface area contributed by atoms with Crippen LogP contribution < -0.4 is 0 Å². The molecule has 0 unspecified atom stereocenters. The Morgan fingerprint density at radius 3 is 2.43 bits per heavy atom. The Morgan fingerprint density at radius 2 is 1.76 bits per heavy atom. The fourth-order valence-electron chi connectivity index (χ4n) is 2.15. The lowest BCUT2D eigenvalue weighted by Crippen LogP contribution is -1.96. The van der Waals surface area contributed by atoms with Crippen molar-refractivity contribution in [1.29, 1.82) is 0 Å². The summed E-state index contributed by atoms with van der Waals surface area (Å²) in [5.74, 6) is 0. The minimum atomic E-state index is -0.126. The predicted molar refractivity (Wildman–Crippen MR) is 84.9 cm³/mol. The fourth-order valence-corrected chi connectivity index (χ4v) is 2.44. The molecule has 0 bridgehead atoms. The lowest BCUT2D eigenvalue weighted by atomic mass is 10.1. The van der Waals surface area contributed by atoms with E-state index in [1.807, 2.05) is 42.6 Å². The third-order valence-corrected chi connectivity index (χ3v) is 3.93. The molecule has 0 aliphatic rings. The molecule has 2 aromatic carbocycles. The molecule has 0 saturated carbocycles. The highest BCUT2D eigenvalue weighted by molar-refractivity contribution is 6.42. The highest BCUT2D eigenvalue weighted by atomic mass is 35.5. The van der Waals surface area contributed by atoms with E-state index in [9.17, 15) is 5.11 Å². The van der Waals surface area contributed by atoms with Crippen LogP contribution in [0, 0.1) is 0 Å². The maximum Gasteiger partial charge on any atom is 0.0961 e. The monoisotopic (exact) mass is 318 g/mol. The van der Waals surface area contributed by atoms with Crippen LogP contribution in [0.4, 0.5) is 0 Å². The molecule has 0 radical (unpaired) electrons. The van der Waals surface area contributed by atoms with Gasteiger partial charge in [-0.15, -0.1) is 0 Å². The van der Waals surface area contributed by atoms with E-state index in [-0.39, 0.29) is 6.61 Å². The number of hydrogen-bond donors (Lipinski definition) is 1. The number of aliphatic hydroxyl groups is 1. The van der Waals surface area contributed by atoms with Crippen LogP contribution in [0.3, 0.4) is 0 Å². The average molecular weight is 319 g/mol. The van der Waals surface area contributed by atoms with Gasteiger partial charge in [-0.2, -0.15) is 5.10 Å². The second-order valence-corrected chi connectivity index (χ2v) is 5.37. The van der Waals surface area contributed by atoms with Gasteiger partial charge in [-0.05, 0) is 23.8 Å². The maximum absolute atomic E-state index is 9.52. The zero-order valence-electron chi connectivity index (χ0n) is 11.0. The van der Waals surface area contributed by atoms with Gasteiger partial charge in [0, 0.05) is 11.8 Å². The highest BCUT2D eigenvalue weighted by Crippen LogP contribution is 2.27. The summed E-state index contributed by atoms with van der Waals surface area (Å²) in [6.45, 7) is -0.126. The van der Waals surface area contributed by atoms with Gasteiger partial charge in [-0.25, -0.2) is 4.68 Å². The van der Waals surface area contributed by atoms with Crippen molar-refractivity contribution in [3.8, 4) is 16.8 Å². The number of aliphatic hydroxyl groups excluding tert-OH is 1. The van der Waals surface area contributed by atoms with Crippen LogP contribution in [-0.4, -0.2) is 14.9 Å². The Kier molecular flexibility index (Phi) is 3.97. The molecule has 1 N–H and O–H groups in total. The van der Waals surface area contributed by atoms with Crippen molar-refractivity contribution in [3.05, 3.63) is 70.5 Å². The lowest BCUT2D eigenvalue weighted by molar-refractivity contribution is 0.276.